The van der Waals surface area contributed by atoms with Gasteiger partial charge >= 0.3 is 0 Å². The molecule has 0 saturated carbocycles. The van der Waals surface area contributed by atoms with Crippen molar-refractivity contribution in [1.82, 2.24) is 9.78 Å². The van der Waals surface area contributed by atoms with Crippen LogP contribution in [0, 0.1) is 5.41 Å². The van der Waals surface area contributed by atoms with Gasteiger partial charge in [-0.1, -0.05) is 20.8 Å². The molecule has 0 bridgehead atoms. The number of aliphatic hydroxyl groups is 1. The third-order valence-electron chi connectivity index (χ3n) is 2.25. The lowest BCUT2D eigenvalue weighted by molar-refractivity contribution is 0.00786. The van der Waals surface area contributed by atoms with Gasteiger partial charge < -0.3 is 5.11 Å². The second-order valence-electron chi connectivity index (χ2n) is 5.35. The first-order valence-electron chi connectivity index (χ1n) is 4.93. The van der Waals surface area contributed by atoms with Gasteiger partial charge in [0.2, 0.25) is 0 Å². The Bertz CT molecular complexity index is 307. The fraction of sp³-hybridized carbons (Fsp3) is 0.727. The van der Waals surface area contributed by atoms with Gasteiger partial charge in [-0.05, 0) is 24.8 Å². The molecule has 0 amide bonds. The molecule has 3 heteroatoms. The van der Waals surface area contributed by atoms with Crippen LogP contribution in [0.2, 0.25) is 0 Å². The van der Waals surface area contributed by atoms with Crippen molar-refractivity contribution in [1.29, 1.82) is 0 Å². The molecule has 1 aromatic heterocycles. The minimum atomic E-state index is -0.802. The Kier molecular flexibility index (Phi) is 2.72. The van der Waals surface area contributed by atoms with Crippen molar-refractivity contribution in [2.75, 3.05) is 0 Å². The van der Waals surface area contributed by atoms with E-state index in [2.05, 4.69) is 25.9 Å². The highest BCUT2D eigenvalue weighted by atomic mass is 16.3. The van der Waals surface area contributed by atoms with Gasteiger partial charge in [0.1, 0.15) is 5.60 Å². The summed E-state index contributed by atoms with van der Waals surface area (Å²) in [4.78, 5) is 0. The van der Waals surface area contributed by atoms with Crippen LogP contribution in [0.3, 0.4) is 0 Å². The van der Waals surface area contributed by atoms with Gasteiger partial charge in [0.05, 0.1) is 5.69 Å². The molecule has 0 aromatic carbocycles. The summed E-state index contributed by atoms with van der Waals surface area (Å²) in [6.45, 7) is 8.21. The van der Waals surface area contributed by atoms with Gasteiger partial charge in [0.25, 0.3) is 0 Å². The Morgan fingerprint density at radius 3 is 2.29 bits per heavy atom. The maximum absolute atomic E-state index is 10.3. The highest BCUT2D eigenvalue weighted by molar-refractivity contribution is 5.10. The van der Waals surface area contributed by atoms with Gasteiger partial charge in [-0.2, -0.15) is 5.10 Å². The molecule has 1 aromatic rings. The molecule has 0 aliphatic rings. The lowest BCUT2D eigenvalue weighted by atomic mass is 9.81. The first-order chi connectivity index (χ1) is 6.22. The van der Waals surface area contributed by atoms with Gasteiger partial charge in [0, 0.05) is 13.2 Å². The number of hydrogen-bond acceptors (Lipinski definition) is 2. The molecule has 80 valence electrons. The van der Waals surface area contributed by atoms with E-state index in [4.69, 9.17) is 0 Å². The van der Waals surface area contributed by atoms with Crippen molar-refractivity contribution in [3.05, 3.63) is 18.0 Å². The molecular formula is C11H20N2O. The predicted octanol–water partition coefficient (Wildman–Crippen LogP) is 2.06. The molecule has 0 aliphatic carbocycles. The number of hydrogen-bond donors (Lipinski definition) is 1. The summed E-state index contributed by atoms with van der Waals surface area (Å²) in [6, 6.07) is 1.87. The summed E-state index contributed by atoms with van der Waals surface area (Å²) >= 11 is 0. The van der Waals surface area contributed by atoms with E-state index in [1.54, 1.807) is 10.9 Å². The number of aryl methyl sites for hydroxylation is 1. The lowest BCUT2D eigenvalue weighted by Gasteiger charge is -2.31. The highest BCUT2D eigenvalue weighted by Gasteiger charge is 2.31. The third-order valence-corrected chi connectivity index (χ3v) is 2.25. The minimum absolute atomic E-state index is 0.105. The Hall–Kier alpha value is -0.830. The fourth-order valence-electron chi connectivity index (χ4n) is 2.03. The van der Waals surface area contributed by atoms with Crippen LogP contribution in [-0.4, -0.2) is 14.9 Å². The van der Waals surface area contributed by atoms with Gasteiger partial charge in [-0.3, -0.25) is 4.68 Å². The molecule has 3 nitrogen and oxygen atoms in total. The zero-order chi connectivity index (χ0) is 11.0. The van der Waals surface area contributed by atoms with E-state index in [0.717, 1.165) is 12.1 Å². The maximum Gasteiger partial charge on any atom is 0.104 e. The lowest BCUT2D eigenvalue weighted by Crippen LogP contribution is -2.30. The van der Waals surface area contributed by atoms with Crippen LogP contribution < -0.4 is 0 Å². The molecule has 0 fully saturated rings. The monoisotopic (exact) mass is 196 g/mol. The largest absolute Gasteiger partial charge is 0.384 e. The molecule has 1 atom stereocenters. The second kappa shape index (κ2) is 3.39. The zero-order valence-electron chi connectivity index (χ0n) is 9.70. The van der Waals surface area contributed by atoms with E-state index < -0.39 is 5.60 Å². The van der Waals surface area contributed by atoms with Crippen molar-refractivity contribution >= 4 is 0 Å². The zero-order valence-corrected chi connectivity index (χ0v) is 9.70. The van der Waals surface area contributed by atoms with E-state index in [1.807, 2.05) is 20.0 Å². The standard InChI is InChI=1S/C11H20N2O/c1-10(2,3)8-11(4,14)9-6-7-12-13(9)5/h6-7,14H,8H2,1-5H3. The molecule has 1 rings (SSSR count). The van der Waals surface area contributed by atoms with Crippen molar-refractivity contribution < 1.29 is 5.11 Å². The van der Waals surface area contributed by atoms with Crippen LogP contribution in [0.15, 0.2) is 12.3 Å². The Morgan fingerprint density at radius 2 is 1.93 bits per heavy atom. The maximum atomic E-state index is 10.3. The van der Waals surface area contributed by atoms with Crippen molar-refractivity contribution in [3.63, 3.8) is 0 Å². The van der Waals surface area contributed by atoms with Crippen molar-refractivity contribution in [2.24, 2.45) is 12.5 Å². The summed E-state index contributed by atoms with van der Waals surface area (Å²) in [7, 11) is 1.85. The second-order valence-corrected chi connectivity index (χ2v) is 5.35. The Balaban J connectivity index is 2.91. The molecule has 0 spiro atoms. The normalized spacial score (nSPS) is 16.7. The molecule has 1 heterocycles. The molecule has 1 unspecified atom stereocenters. The van der Waals surface area contributed by atoms with Crippen LogP contribution in [0.1, 0.15) is 39.8 Å². The molecule has 14 heavy (non-hydrogen) atoms. The van der Waals surface area contributed by atoms with E-state index in [0.29, 0.717) is 0 Å². The predicted molar refractivity (Wildman–Crippen MR) is 56.9 cm³/mol. The summed E-state index contributed by atoms with van der Waals surface area (Å²) in [5, 5.41) is 14.4. The van der Waals surface area contributed by atoms with Crippen LogP contribution in [-0.2, 0) is 12.6 Å². The topological polar surface area (TPSA) is 38.0 Å². The smallest absolute Gasteiger partial charge is 0.104 e. The van der Waals surface area contributed by atoms with E-state index in [9.17, 15) is 5.11 Å². The molecular weight excluding hydrogens is 176 g/mol. The number of rotatable bonds is 2. The summed E-state index contributed by atoms with van der Waals surface area (Å²) in [5.74, 6) is 0. The minimum Gasteiger partial charge on any atom is -0.384 e. The highest BCUT2D eigenvalue weighted by Crippen LogP contribution is 2.33. The third kappa shape index (κ3) is 2.58. The average molecular weight is 196 g/mol. The van der Waals surface area contributed by atoms with E-state index in [-0.39, 0.29) is 5.41 Å². The first kappa shape index (κ1) is 11.2. The summed E-state index contributed by atoms with van der Waals surface area (Å²) in [5.41, 5.74) is 0.171. The number of nitrogens with zero attached hydrogens (tertiary/aromatic N) is 2. The van der Waals surface area contributed by atoms with Gasteiger partial charge in [0.15, 0.2) is 0 Å². The van der Waals surface area contributed by atoms with Crippen LogP contribution in [0.4, 0.5) is 0 Å². The molecule has 0 aliphatic heterocycles. The summed E-state index contributed by atoms with van der Waals surface area (Å²) in [6.07, 6.45) is 2.44. The van der Waals surface area contributed by atoms with Crippen molar-refractivity contribution in [2.45, 2.75) is 39.7 Å². The average Bonchev–Trinajstić information content (AvgIpc) is 2.29. The fourth-order valence-corrected chi connectivity index (χ4v) is 2.03. The molecule has 1 N–H and O–H groups in total. The molecule has 0 saturated heterocycles. The van der Waals surface area contributed by atoms with Gasteiger partial charge in [-0.25, -0.2) is 0 Å². The Labute approximate surface area is 85.8 Å². The van der Waals surface area contributed by atoms with E-state index in [1.165, 1.54) is 0 Å². The van der Waals surface area contributed by atoms with Crippen LogP contribution >= 0.6 is 0 Å². The SMILES string of the molecule is Cn1nccc1C(C)(O)CC(C)(C)C. The van der Waals surface area contributed by atoms with Crippen LogP contribution in [0.5, 0.6) is 0 Å². The van der Waals surface area contributed by atoms with Crippen molar-refractivity contribution in [3.8, 4) is 0 Å². The first-order valence-corrected chi connectivity index (χ1v) is 4.93. The van der Waals surface area contributed by atoms with Gasteiger partial charge in [-0.15, -0.1) is 0 Å². The number of aromatic nitrogens is 2. The quantitative estimate of drug-likeness (QED) is 0.786. The summed E-state index contributed by atoms with van der Waals surface area (Å²) < 4.78 is 1.73. The Morgan fingerprint density at radius 1 is 1.36 bits per heavy atom. The molecule has 0 radical (unpaired) electrons. The van der Waals surface area contributed by atoms with Crippen LogP contribution in [0.25, 0.3) is 0 Å². The van der Waals surface area contributed by atoms with E-state index >= 15 is 0 Å².